The van der Waals surface area contributed by atoms with Gasteiger partial charge < -0.3 is 0 Å². The summed E-state index contributed by atoms with van der Waals surface area (Å²) in [6, 6.07) is 0. The molecule has 1 fully saturated rings. The molecule has 0 N–H and O–H groups in total. The van der Waals surface area contributed by atoms with Gasteiger partial charge in [0.25, 0.3) is 0 Å². The fraction of sp³-hybridized carbons (Fsp3) is 0.769. The van der Waals surface area contributed by atoms with Gasteiger partial charge in [0, 0.05) is 22.8 Å². The number of carbonyl (C=O) groups excluding carboxylic acids is 1. The molecular weight excluding hydrogens is 278 g/mol. The van der Waals surface area contributed by atoms with E-state index in [1.54, 1.807) is 6.33 Å². The van der Waals surface area contributed by atoms with Gasteiger partial charge >= 0.3 is 0 Å². The van der Waals surface area contributed by atoms with Crippen molar-refractivity contribution >= 4 is 29.3 Å². The Morgan fingerprint density at radius 2 is 2.26 bits per heavy atom. The summed E-state index contributed by atoms with van der Waals surface area (Å²) in [6.07, 6.45) is 2.97. The fourth-order valence-electron chi connectivity index (χ4n) is 2.05. The van der Waals surface area contributed by atoms with Crippen molar-refractivity contribution in [2.45, 2.75) is 55.9 Å². The molecule has 1 aromatic heterocycles. The summed E-state index contributed by atoms with van der Waals surface area (Å²) < 4.78 is 1.85. The standard InChI is InChI=1S/C13H21N3OS2/c1-4-5-16-13(14-8-15-16)6-11(17)12-7-18-9(2)10(3)19-12/h8-10,12H,4-7H2,1-3H3. The fourth-order valence-corrected chi connectivity index (χ4v) is 4.93. The normalized spacial score (nSPS) is 27.4. The zero-order valence-corrected chi connectivity index (χ0v) is 13.3. The van der Waals surface area contributed by atoms with E-state index in [-0.39, 0.29) is 5.25 Å². The number of carbonyl (C=O) groups is 1. The summed E-state index contributed by atoms with van der Waals surface area (Å²) in [5, 5.41) is 5.47. The molecule has 4 nitrogen and oxygen atoms in total. The van der Waals surface area contributed by atoms with Crippen molar-refractivity contribution in [3.63, 3.8) is 0 Å². The van der Waals surface area contributed by atoms with Crippen LogP contribution < -0.4 is 0 Å². The quantitative estimate of drug-likeness (QED) is 0.835. The van der Waals surface area contributed by atoms with Crippen LogP contribution in [0.3, 0.4) is 0 Å². The lowest BCUT2D eigenvalue weighted by molar-refractivity contribution is -0.117. The predicted octanol–water partition coefficient (Wildman–Crippen LogP) is 2.43. The van der Waals surface area contributed by atoms with Crippen LogP contribution in [0.4, 0.5) is 0 Å². The smallest absolute Gasteiger partial charge is 0.154 e. The predicted molar refractivity (Wildman–Crippen MR) is 81.8 cm³/mol. The number of nitrogens with zero attached hydrogens (tertiary/aromatic N) is 3. The van der Waals surface area contributed by atoms with Crippen LogP contribution in [0.25, 0.3) is 0 Å². The number of aromatic nitrogens is 3. The first-order valence-corrected chi connectivity index (χ1v) is 8.77. The van der Waals surface area contributed by atoms with Gasteiger partial charge in [-0.25, -0.2) is 9.67 Å². The average molecular weight is 299 g/mol. The molecule has 19 heavy (non-hydrogen) atoms. The van der Waals surface area contributed by atoms with Crippen molar-refractivity contribution in [1.82, 2.24) is 14.8 Å². The number of ketones is 1. The van der Waals surface area contributed by atoms with Crippen LogP contribution in [0.2, 0.25) is 0 Å². The molecule has 0 aromatic carbocycles. The molecule has 0 bridgehead atoms. The first-order chi connectivity index (χ1) is 9.11. The number of thioether (sulfide) groups is 2. The Hall–Kier alpha value is -0.490. The van der Waals surface area contributed by atoms with Crippen LogP contribution in [0.1, 0.15) is 33.0 Å². The highest BCUT2D eigenvalue weighted by Gasteiger charge is 2.30. The van der Waals surface area contributed by atoms with E-state index in [0.29, 0.717) is 22.7 Å². The molecule has 1 aliphatic heterocycles. The van der Waals surface area contributed by atoms with Gasteiger partial charge in [0.05, 0.1) is 11.7 Å². The highest BCUT2D eigenvalue weighted by Crippen LogP contribution is 2.36. The Bertz CT molecular complexity index is 435. The second kappa shape index (κ2) is 6.79. The largest absolute Gasteiger partial charge is 0.298 e. The summed E-state index contributed by atoms with van der Waals surface area (Å²) in [4.78, 5) is 16.6. The zero-order valence-electron chi connectivity index (χ0n) is 11.7. The molecule has 106 valence electrons. The number of hydrogen-bond donors (Lipinski definition) is 0. The van der Waals surface area contributed by atoms with Gasteiger partial charge in [-0.2, -0.15) is 16.9 Å². The molecule has 0 aliphatic carbocycles. The SMILES string of the molecule is CCCn1ncnc1CC(=O)C1CSC(C)C(C)S1. The van der Waals surface area contributed by atoms with Crippen LogP contribution in [0.15, 0.2) is 6.33 Å². The maximum Gasteiger partial charge on any atom is 0.154 e. The Kier molecular flexibility index (Phi) is 5.33. The lowest BCUT2D eigenvalue weighted by atomic mass is 10.2. The van der Waals surface area contributed by atoms with E-state index in [1.165, 1.54) is 0 Å². The Labute approximate surface area is 123 Å². The molecule has 1 saturated heterocycles. The van der Waals surface area contributed by atoms with Crippen LogP contribution in [0.5, 0.6) is 0 Å². The van der Waals surface area contributed by atoms with E-state index in [1.807, 2.05) is 28.2 Å². The summed E-state index contributed by atoms with van der Waals surface area (Å²) in [5.74, 6) is 2.03. The summed E-state index contributed by atoms with van der Waals surface area (Å²) in [5.41, 5.74) is 0. The van der Waals surface area contributed by atoms with E-state index >= 15 is 0 Å². The molecule has 3 atom stereocenters. The molecule has 1 aromatic rings. The second-order valence-electron chi connectivity index (χ2n) is 4.91. The molecule has 0 saturated carbocycles. The molecule has 6 heteroatoms. The minimum Gasteiger partial charge on any atom is -0.298 e. The molecular formula is C13H21N3OS2. The zero-order chi connectivity index (χ0) is 13.8. The van der Waals surface area contributed by atoms with Gasteiger partial charge in [-0.3, -0.25) is 4.79 Å². The van der Waals surface area contributed by atoms with Crippen LogP contribution >= 0.6 is 23.5 Å². The highest BCUT2D eigenvalue weighted by molar-refractivity contribution is 8.08. The third-order valence-corrected chi connectivity index (χ3v) is 6.81. The molecule has 0 spiro atoms. The number of aryl methyl sites for hydroxylation is 1. The Balaban J connectivity index is 1.95. The lowest BCUT2D eigenvalue weighted by Gasteiger charge is -2.30. The first-order valence-electron chi connectivity index (χ1n) is 6.78. The van der Waals surface area contributed by atoms with Gasteiger partial charge in [-0.1, -0.05) is 20.8 Å². The molecule has 1 aliphatic rings. The topological polar surface area (TPSA) is 47.8 Å². The number of rotatable bonds is 5. The number of hydrogen-bond acceptors (Lipinski definition) is 5. The van der Waals surface area contributed by atoms with Crippen molar-refractivity contribution < 1.29 is 4.79 Å². The van der Waals surface area contributed by atoms with E-state index < -0.39 is 0 Å². The van der Waals surface area contributed by atoms with Gasteiger partial charge in [0.2, 0.25) is 0 Å². The molecule has 2 heterocycles. The summed E-state index contributed by atoms with van der Waals surface area (Å²) in [6.45, 7) is 7.38. The van der Waals surface area contributed by atoms with E-state index in [2.05, 4.69) is 30.9 Å². The third kappa shape index (κ3) is 3.75. The Morgan fingerprint density at radius 1 is 1.47 bits per heavy atom. The van der Waals surface area contributed by atoms with E-state index in [0.717, 1.165) is 24.5 Å². The van der Waals surface area contributed by atoms with E-state index in [4.69, 9.17) is 0 Å². The van der Waals surface area contributed by atoms with Gasteiger partial charge in [0.1, 0.15) is 12.2 Å². The highest BCUT2D eigenvalue weighted by atomic mass is 32.2. The number of Topliss-reactive ketones (excluding diaryl/α,β-unsaturated/α-hetero) is 1. The van der Waals surface area contributed by atoms with Gasteiger partial charge in [0.15, 0.2) is 5.78 Å². The second-order valence-corrected chi connectivity index (χ2v) is 7.91. The maximum atomic E-state index is 12.4. The van der Waals surface area contributed by atoms with Crippen molar-refractivity contribution in [2.24, 2.45) is 0 Å². The first kappa shape index (κ1) is 14.9. The van der Waals surface area contributed by atoms with Gasteiger partial charge in [-0.05, 0) is 6.42 Å². The third-order valence-electron chi connectivity index (χ3n) is 3.37. The summed E-state index contributed by atoms with van der Waals surface area (Å²) >= 11 is 3.72. The lowest BCUT2D eigenvalue weighted by Crippen LogP contribution is -2.33. The minimum absolute atomic E-state index is 0.114. The van der Waals surface area contributed by atoms with Crippen molar-refractivity contribution in [1.29, 1.82) is 0 Å². The molecule has 2 rings (SSSR count). The summed E-state index contributed by atoms with van der Waals surface area (Å²) in [7, 11) is 0. The molecule has 3 unspecified atom stereocenters. The Morgan fingerprint density at radius 3 is 2.95 bits per heavy atom. The van der Waals surface area contributed by atoms with Crippen LogP contribution in [0, 0.1) is 0 Å². The average Bonchev–Trinajstić information content (AvgIpc) is 2.80. The molecule has 0 radical (unpaired) electrons. The van der Waals surface area contributed by atoms with Crippen molar-refractivity contribution in [3.05, 3.63) is 12.2 Å². The van der Waals surface area contributed by atoms with Crippen LogP contribution in [-0.4, -0.2) is 42.1 Å². The van der Waals surface area contributed by atoms with Gasteiger partial charge in [-0.15, -0.1) is 11.8 Å². The van der Waals surface area contributed by atoms with Crippen LogP contribution in [-0.2, 0) is 17.8 Å². The monoisotopic (exact) mass is 299 g/mol. The van der Waals surface area contributed by atoms with E-state index in [9.17, 15) is 4.79 Å². The minimum atomic E-state index is 0.114. The van der Waals surface area contributed by atoms with Crippen molar-refractivity contribution in [2.75, 3.05) is 5.75 Å². The molecule has 0 amide bonds. The van der Waals surface area contributed by atoms with Crippen molar-refractivity contribution in [3.8, 4) is 0 Å². The maximum absolute atomic E-state index is 12.4.